The first-order valence-corrected chi connectivity index (χ1v) is 12.3. The van der Waals surface area contributed by atoms with E-state index in [0.717, 1.165) is 56.1 Å². The number of piperidine rings is 1. The van der Waals surface area contributed by atoms with Crippen LogP contribution >= 0.6 is 0 Å². The van der Waals surface area contributed by atoms with Crippen molar-refractivity contribution in [3.63, 3.8) is 0 Å². The van der Waals surface area contributed by atoms with Gasteiger partial charge in [0.2, 0.25) is 0 Å². The number of likely N-dealkylation sites (tertiary alicyclic amines) is 1. The Morgan fingerprint density at radius 3 is 2.59 bits per heavy atom. The summed E-state index contributed by atoms with van der Waals surface area (Å²) in [5.41, 5.74) is 14.7. The molecular formula is C28H35N3O. The third-order valence-electron chi connectivity index (χ3n) is 7.62. The molecule has 3 aliphatic rings. The Balaban J connectivity index is 1.20. The van der Waals surface area contributed by atoms with Gasteiger partial charge < -0.3 is 11.1 Å². The minimum Gasteiger partial charge on any atom is -0.399 e. The number of allylic oxidation sites excluding steroid dienone is 2. The van der Waals surface area contributed by atoms with Crippen molar-refractivity contribution in [2.75, 3.05) is 18.8 Å². The highest BCUT2D eigenvalue weighted by Gasteiger charge is 2.26. The average Bonchev–Trinajstić information content (AvgIpc) is 2.81. The molecule has 168 valence electrons. The zero-order valence-corrected chi connectivity index (χ0v) is 19.2. The summed E-state index contributed by atoms with van der Waals surface area (Å²) >= 11 is 0. The van der Waals surface area contributed by atoms with Gasteiger partial charge in [0.1, 0.15) is 0 Å². The van der Waals surface area contributed by atoms with E-state index in [1.54, 1.807) is 5.57 Å². The molecular weight excluding hydrogens is 394 g/mol. The normalized spacial score (nSPS) is 21.7. The van der Waals surface area contributed by atoms with Gasteiger partial charge in [-0.15, -0.1) is 0 Å². The van der Waals surface area contributed by atoms with E-state index in [4.69, 9.17) is 5.73 Å². The molecule has 0 radical (unpaired) electrons. The Bertz CT molecular complexity index is 1020. The quantitative estimate of drug-likeness (QED) is 0.658. The van der Waals surface area contributed by atoms with Crippen molar-refractivity contribution in [1.29, 1.82) is 0 Å². The van der Waals surface area contributed by atoms with E-state index in [2.05, 4.69) is 41.4 Å². The summed E-state index contributed by atoms with van der Waals surface area (Å²) in [6, 6.07) is 14.8. The first kappa shape index (κ1) is 21.3. The summed E-state index contributed by atoms with van der Waals surface area (Å²) in [5.74, 6) is 0.831. The molecule has 1 amide bonds. The van der Waals surface area contributed by atoms with Gasteiger partial charge in [-0.2, -0.15) is 0 Å². The monoisotopic (exact) mass is 429 g/mol. The van der Waals surface area contributed by atoms with Crippen molar-refractivity contribution in [1.82, 2.24) is 10.2 Å². The molecule has 2 aromatic rings. The number of nitrogens with two attached hydrogens (primary N) is 1. The Kier molecular flexibility index (Phi) is 6.05. The number of fused-ring (bicyclic) bond motifs is 2. The fraction of sp³-hybridized carbons (Fsp3) is 0.464. The van der Waals surface area contributed by atoms with Crippen LogP contribution in [0.1, 0.15) is 72.5 Å². The number of hydrogen-bond acceptors (Lipinski definition) is 3. The highest BCUT2D eigenvalue weighted by atomic mass is 16.1. The van der Waals surface area contributed by atoms with Crippen LogP contribution in [0.15, 0.2) is 48.0 Å². The lowest BCUT2D eigenvalue weighted by Gasteiger charge is -2.33. The topological polar surface area (TPSA) is 58.4 Å². The van der Waals surface area contributed by atoms with E-state index in [-0.39, 0.29) is 11.9 Å². The van der Waals surface area contributed by atoms with Crippen LogP contribution in [0.2, 0.25) is 0 Å². The molecule has 2 aliphatic carbocycles. The van der Waals surface area contributed by atoms with Crippen molar-refractivity contribution < 1.29 is 4.79 Å². The van der Waals surface area contributed by atoms with Crippen molar-refractivity contribution >= 4 is 17.2 Å². The number of nitrogens with zero attached hydrogens (tertiary/aromatic N) is 1. The molecule has 1 fully saturated rings. The van der Waals surface area contributed by atoms with Gasteiger partial charge in [0.15, 0.2) is 0 Å². The SMILES string of the molecule is CC1CCC2=C(C1)c1cc(C(=O)NC3CCN(Cc4ccc(N)cc4)CC3)ccc1CC2. The maximum atomic E-state index is 13.1. The van der Waals surface area contributed by atoms with Crippen molar-refractivity contribution in [3.05, 3.63) is 70.3 Å². The molecule has 0 aromatic heterocycles. The lowest BCUT2D eigenvalue weighted by atomic mass is 9.75. The number of benzene rings is 2. The van der Waals surface area contributed by atoms with Crippen LogP contribution < -0.4 is 11.1 Å². The molecule has 4 heteroatoms. The molecule has 4 nitrogen and oxygen atoms in total. The average molecular weight is 430 g/mol. The van der Waals surface area contributed by atoms with Crippen molar-refractivity contribution in [2.45, 2.75) is 64.5 Å². The number of anilines is 1. The molecule has 1 unspecified atom stereocenters. The van der Waals surface area contributed by atoms with Crippen molar-refractivity contribution in [3.8, 4) is 0 Å². The van der Waals surface area contributed by atoms with E-state index in [1.165, 1.54) is 47.9 Å². The van der Waals surface area contributed by atoms with Gasteiger partial charge in [-0.25, -0.2) is 0 Å². The Labute approximate surface area is 191 Å². The van der Waals surface area contributed by atoms with E-state index in [0.29, 0.717) is 0 Å². The van der Waals surface area contributed by atoms with Crippen LogP contribution in [0.5, 0.6) is 0 Å². The second-order valence-corrected chi connectivity index (χ2v) is 10.1. The molecule has 2 aromatic carbocycles. The maximum Gasteiger partial charge on any atom is 0.251 e. The highest BCUT2D eigenvalue weighted by molar-refractivity contribution is 5.95. The molecule has 32 heavy (non-hydrogen) atoms. The van der Waals surface area contributed by atoms with Crippen molar-refractivity contribution in [2.24, 2.45) is 5.92 Å². The number of amides is 1. The van der Waals surface area contributed by atoms with Crippen LogP contribution in [-0.2, 0) is 13.0 Å². The number of nitrogen functional groups attached to an aromatic ring is 1. The van der Waals surface area contributed by atoms with Gasteiger partial charge >= 0.3 is 0 Å². The molecule has 3 N–H and O–H groups in total. The lowest BCUT2D eigenvalue weighted by molar-refractivity contribution is 0.0909. The second-order valence-electron chi connectivity index (χ2n) is 10.1. The van der Waals surface area contributed by atoms with E-state index < -0.39 is 0 Å². The zero-order chi connectivity index (χ0) is 22.1. The van der Waals surface area contributed by atoms with Crippen LogP contribution in [0.3, 0.4) is 0 Å². The van der Waals surface area contributed by atoms with Gasteiger partial charge in [0.05, 0.1) is 0 Å². The van der Waals surface area contributed by atoms with Gasteiger partial charge in [-0.1, -0.05) is 30.7 Å². The maximum absolute atomic E-state index is 13.1. The number of rotatable bonds is 4. The Hall–Kier alpha value is -2.59. The number of nitrogens with one attached hydrogen (secondary N) is 1. The van der Waals surface area contributed by atoms with Gasteiger partial charge in [0, 0.05) is 36.9 Å². The highest BCUT2D eigenvalue weighted by Crippen LogP contribution is 2.42. The standard InChI is InChI=1S/C28H35N3O/c1-19-2-5-21-6-7-22-8-9-23(17-27(22)26(21)16-19)28(32)30-25-12-14-31(15-13-25)18-20-3-10-24(29)11-4-20/h3-4,8-11,17,19,25H,2,5-7,12-16,18,29H2,1H3,(H,30,32). The van der Waals surface area contributed by atoms with Gasteiger partial charge in [-0.3, -0.25) is 9.69 Å². The van der Waals surface area contributed by atoms with E-state index in [9.17, 15) is 4.79 Å². The first-order chi connectivity index (χ1) is 15.5. The molecule has 1 saturated heterocycles. The molecule has 5 rings (SSSR count). The predicted molar refractivity (Wildman–Crippen MR) is 131 cm³/mol. The first-order valence-electron chi connectivity index (χ1n) is 12.3. The molecule has 1 aliphatic heterocycles. The largest absolute Gasteiger partial charge is 0.399 e. The minimum atomic E-state index is 0.0846. The second kappa shape index (κ2) is 9.11. The molecule has 1 atom stereocenters. The van der Waals surface area contributed by atoms with E-state index >= 15 is 0 Å². The third-order valence-corrected chi connectivity index (χ3v) is 7.62. The number of carbonyl (C=O) groups excluding carboxylic acids is 1. The van der Waals surface area contributed by atoms with Crippen LogP contribution in [-0.4, -0.2) is 29.9 Å². The number of hydrogen-bond donors (Lipinski definition) is 2. The van der Waals surface area contributed by atoms with Gasteiger partial charge in [0.25, 0.3) is 5.91 Å². The predicted octanol–water partition coefficient (Wildman–Crippen LogP) is 5.18. The molecule has 1 heterocycles. The fourth-order valence-corrected chi connectivity index (χ4v) is 5.63. The lowest BCUT2D eigenvalue weighted by Crippen LogP contribution is -2.44. The third kappa shape index (κ3) is 4.61. The summed E-state index contributed by atoms with van der Waals surface area (Å²) in [4.78, 5) is 15.5. The fourth-order valence-electron chi connectivity index (χ4n) is 5.63. The zero-order valence-electron chi connectivity index (χ0n) is 19.2. The molecule has 0 saturated carbocycles. The number of carbonyl (C=O) groups is 1. The van der Waals surface area contributed by atoms with Crippen LogP contribution in [0.4, 0.5) is 5.69 Å². The molecule has 0 bridgehead atoms. The summed E-state index contributed by atoms with van der Waals surface area (Å²) in [5, 5.41) is 3.32. The number of aryl methyl sites for hydroxylation is 1. The van der Waals surface area contributed by atoms with Gasteiger partial charge in [-0.05, 0) is 97.4 Å². The van der Waals surface area contributed by atoms with Crippen LogP contribution in [0.25, 0.3) is 5.57 Å². The molecule has 0 spiro atoms. The summed E-state index contributed by atoms with van der Waals surface area (Å²) in [6.45, 7) is 5.32. The Morgan fingerprint density at radius 2 is 1.81 bits per heavy atom. The Morgan fingerprint density at radius 1 is 1.03 bits per heavy atom. The minimum absolute atomic E-state index is 0.0846. The smallest absolute Gasteiger partial charge is 0.251 e. The van der Waals surface area contributed by atoms with Crippen LogP contribution in [0, 0.1) is 5.92 Å². The summed E-state index contributed by atoms with van der Waals surface area (Å²) in [6.07, 6.45) is 8.04. The van der Waals surface area contributed by atoms with E-state index in [1.807, 2.05) is 18.2 Å². The summed E-state index contributed by atoms with van der Waals surface area (Å²) < 4.78 is 0. The summed E-state index contributed by atoms with van der Waals surface area (Å²) in [7, 11) is 0.